The summed E-state index contributed by atoms with van der Waals surface area (Å²) in [5.74, 6) is 0.657. The molecule has 14 heavy (non-hydrogen) atoms. The third kappa shape index (κ3) is 3.56. The van der Waals surface area contributed by atoms with Gasteiger partial charge in [-0.2, -0.15) is 0 Å². The number of aliphatic hydroxyl groups is 2. The molecule has 0 aromatic carbocycles. The van der Waals surface area contributed by atoms with Crippen molar-refractivity contribution in [2.75, 3.05) is 26.7 Å². The molecule has 1 saturated carbocycles. The molecular formula is C11H23NO2. The van der Waals surface area contributed by atoms with Gasteiger partial charge in [0.15, 0.2) is 0 Å². The molecule has 1 rings (SSSR count). The maximum atomic E-state index is 9.15. The summed E-state index contributed by atoms with van der Waals surface area (Å²) in [6.45, 7) is 6.32. The van der Waals surface area contributed by atoms with Gasteiger partial charge in [-0.3, -0.25) is 0 Å². The van der Waals surface area contributed by atoms with E-state index in [9.17, 15) is 0 Å². The van der Waals surface area contributed by atoms with Crippen molar-refractivity contribution in [1.29, 1.82) is 0 Å². The predicted octanol–water partition coefficient (Wildman–Crippen LogP) is 0.708. The number of nitrogens with zero attached hydrogens (tertiary/aromatic N) is 1. The second kappa shape index (κ2) is 4.60. The minimum absolute atomic E-state index is 0.0168. The SMILES string of the molecule is CN(CC1CC(O)C1)CC(C)(C)CO. The molecule has 0 heterocycles. The zero-order valence-corrected chi connectivity index (χ0v) is 9.53. The molecule has 0 bridgehead atoms. The zero-order chi connectivity index (χ0) is 10.8. The van der Waals surface area contributed by atoms with Crippen molar-refractivity contribution in [3.63, 3.8) is 0 Å². The van der Waals surface area contributed by atoms with E-state index < -0.39 is 0 Å². The van der Waals surface area contributed by atoms with Crippen molar-refractivity contribution >= 4 is 0 Å². The fraction of sp³-hybridized carbons (Fsp3) is 1.00. The van der Waals surface area contributed by atoms with Gasteiger partial charge in [-0.25, -0.2) is 0 Å². The molecular weight excluding hydrogens is 178 g/mol. The Hall–Kier alpha value is -0.120. The predicted molar refractivity (Wildman–Crippen MR) is 57.1 cm³/mol. The van der Waals surface area contributed by atoms with Crippen LogP contribution >= 0.6 is 0 Å². The standard InChI is InChI=1S/C11H23NO2/c1-11(2,8-13)7-12(3)6-9-4-10(14)5-9/h9-10,13-14H,4-8H2,1-3H3. The van der Waals surface area contributed by atoms with Gasteiger partial charge < -0.3 is 15.1 Å². The highest BCUT2D eigenvalue weighted by Crippen LogP contribution is 2.28. The van der Waals surface area contributed by atoms with Crippen LogP contribution in [-0.2, 0) is 0 Å². The molecule has 3 nitrogen and oxygen atoms in total. The first-order valence-corrected chi connectivity index (χ1v) is 5.40. The minimum Gasteiger partial charge on any atom is -0.396 e. The summed E-state index contributed by atoms with van der Waals surface area (Å²) in [6.07, 6.45) is 1.84. The molecule has 0 unspecified atom stereocenters. The van der Waals surface area contributed by atoms with E-state index in [0.29, 0.717) is 5.92 Å². The average molecular weight is 201 g/mol. The lowest BCUT2D eigenvalue weighted by atomic mass is 9.82. The Morgan fingerprint density at radius 1 is 1.36 bits per heavy atom. The largest absolute Gasteiger partial charge is 0.396 e. The van der Waals surface area contributed by atoms with Crippen molar-refractivity contribution in [2.24, 2.45) is 11.3 Å². The first-order valence-electron chi connectivity index (χ1n) is 5.40. The van der Waals surface area contributed by atoms with E-state index in [1.165, 1.54) is 0 Å². The summed E-state index contributed by atoms with van der Waals surface area (Å²) >= 11 is 0. The van der Waals surface area contributed by atoms with Crippen molar-refractivity contribution in [3.8, 4) is 0 Å². The fourth-order valence-corrected chi connectivity index (χ4v) is 2.14. The van der Waals surface area contributed by atoms with E-state index in [1.807, 2.05) is 0 Å². The number of aliphatic hydroxyl groups excluding tert-OH is 2. The van der Waals surface area contributed by atoms with E-state index in [4.69, 9.17) is 10.2 Å². The molecule has 0 aromatic heterocycles. The van der Waals surface area contributed by atoms with Crippen LogP contribution in [0.15, 0.2) is 0 Å². The molecule has 0 amide bonds. The number of rotatable bonds is 5. The molecule has 0 spiro atoms. The molecule has 0 atom stereocenters. The lowest BCUT2D eigenvalue weighted by molar-refractivity contribution is 0.0195. The first kappa shape index (κ1) is 12.0. The third-order valence-electron chi connectivity index (χ3n) is 2.91. The summed E-state index contributed by atoms with van der Waals surface area (Å²) in [7, 11) is 2.09. The minimum atomic E-state index is -0.0562. The van der Waals surface area contributed by atoms with Crippen LogP contribution in [-0.4, -0.2) is 48.0 Å². The van der Waals surface area contributed by atoms with Gasteiger partial charge in [0.2, 0.25) is 0 Å². The molecule has 0 radical (unpaired) electrons. The maximum absolute atomic E-state index is 9.15. The Kier molecular flexibility index (Phi) is 3.93. The van der Waals surface area contributed by atoms with E-state index >= 15 is 0 Å². The third-order valence-corrected chi connectivity index (χ3v) is 2.91. The van der Waals surface area contributed by atoms with Gasteiger partial charge >= 0.3 is 0 Å². The van der Waals surface area contributed by atoms with E-state index in [0.717, 1.165) is 25.9 Å². The average Bonchev–Trinajstić information content (AvgIpc) is 2.00. The number of hydrogen-bond acceptors (Lipinski definition) is 3. The lowest BCUT2D eigenvalue weighted by Crippen LogP contribution is -2.41. The molecule has 1 fully saturated rings. The highest BCUT2D eigenvalue weighted by atomic mass is 16.3. The molecule has 1 aliphatic rings. The summed E-state index contributed by atoms with van der Waals surface area (Å²) in [5.41, 5.74) is -0.0168. The van der Waals surface area contributed by atoms with Crippen molar-refractivity contribution < 1.29 is 10.2 Å². The van der Waals surface area contributed by atoms with Crippen molar-refractivity contribution in [3.05, 3.63) is 0 Å². The molecule has 84 valence electrons. The van der Waals surface area contributed by atoms with E-state index in [-0.39, 0.29) is 18.1 Å². The summed E-state index contributed by atoms with van der Waals surface area (Å²) < 4.78 is 0. The second-order valence-electron chi connectivity index (χ2n) is 5.51. The Labute approximate surface area is 86.7 Å². The molecule has 1 aliphatic carbocycles. The normalized spacial score (nSPS) is 27.9. The highest BCUT2D eigenvalue weighted by Gasteiger charge is 2.29. The Morgan fingerprint density at radius 3 is 2.36 bits per heavy atom. The topological polar surface area (TPSA) is 43.7 Å². The first-order chi connectivity index (χ1) is 6.43. The molecule has 0 aliphatic heterocycles. The van der Waals surface area contributed by atoms with Crippen LogP contribution in [0.2, 0.25) is 0 Å². The van der Waals surface area contributed by atoms with Gasteiger partial charge in [0.25, 0.3) is 0 Å². The summed E-state index contributed by atoms with van der Waals surface area (Å²) in [6, 6.07) is 0. The maximum Gasteiger partial charge on any atom is 0.0546 e. The van der Waals surface area contributed by atoms with Gasteiger partial charge in [-0.1, -0.05) is 13.8 Å². The van der Waals surface area contributed by atoms with Crippen LogP contribution in [0.5, 0.6) is 0 Å². The van der Waals surface area contributed by atoms with E-state index in [1.54, 1.807) is 0 Å². The fourth-order valence-electron chi connectivity index (χ4n) is 2.14. The van der Waals surface area contributed by atoms with Crippen molar-refractivity contribution in [1.82, 2.24) is 4.90 Å². The smallest absolute Gasteiger partial charge is 0.0546 e. The Bertz CT molecular complexity index is 176. The van der Waals surface area contributed by atoms with Gasteiger partial charge in [-0.15, -0.1) is 0 Å². The molecule has 0 aromatic rings. The number of hydrogen-bond donors (Lipinski definition) is 2. The van der Waals surface area contributed by atoms with Crippen LogP contribution in [0.25, 0.3) is 0 Å². The Balaban J connectivity index is 2.19. The van der Waals surface area contributed by atoms with Gasteiger partial charge in [0, 0.05) is 25.1 Å². The van der Waals surface area contributed by atoms with Crippen LogP contribution in [0, 0.1) is 11.3 Å². The van der Waals surface area contributed by atoms with Crippen LogP contribution in [0.3, 0.4) is 0 Å². The lowest BCUT2D eigenvalue weighted by Gasteiger charge is -2.36. The molecule has 0 saturated heterocycles. The zero-order valence-electron chi connectivity index (χ0n) is 9.53. The van der Waals surface area contributed by atoms with Crippen molar-refractivity contribution in [2.45, 2.75) is 32.8 Å². The highest BCUT2D eigenvalue weighted by molar-refractivity contribution is 4.82. The van der Waals surface area contributed by atoms with Gasteiger partial charge in [0.05, 0.1) is 6.10 Å². The second-order valence-corrected chi connectivity index (χ2v) is 5.51. The van der Waals surface area contributed by atoms with Gasteiger partial charge in [-0.05, 0) is 25.8 Å². The van der Waals surface area contributed by atoms with Crippen LogP contribution < -0.4 is 0 Å². The van der Waals surface area contributed by atoms with Gasteiger partial charge in [0.1, 0.15) is 0 Å². The van der Waals surface area contributed by atoms with Crippen LogP contribution in [0.1, 0.15) is 26.7 Å². The molecule has 2 N–H and O–H groups in total. The quantitative estimate of drug-likeness (QED) is 0.688. The molecule has 3 heteroatoms. The monoisotopic (exact) mass is 201 g/mol. The van der Waals surface area contributed by atoms with Crippen LogP contribution in [0.4, 0.5) is 0 Å². The summed E-state index contributed by atoms with van der Waals surface area (Å²) in [4.78, 5) is 2.26. The van der Waals surface area contributed by atoms with E-state index in [2.05, 4.69) is 25.8 Å². The summed E-state index contributed by atoms with van der Waals surface area (Å²) in [5, 5.41) is 18.3. The Morgan fingerprint density at radius 2 is 1.93 bits per heavy atom.